The van der Waals surface area contributed by atoms with Crippen LogP contribution in [0.4, 0.5) is 5.69 Å². The fourth-order valence-electron chi connectivity index (χ4n) is 3.98. The van der Waals surface area contributed by atoms with Crippen LogP contribution in [0.25, 0.3) is 11.1 Å². The summed E-state index contributed by atoms with van der Waals surface area (Å²) in [6, 6.07) is 24.7. The number of fused-ring (bicyclic) bond motifs is 1. The Hall–Kier alpha value is -3.91. The lowest BCUT2D eigenvalue weighted by Crippen LogP contribution is -2.45. The second-order valence-electron chi connectivity index (χ2n) is 7.87. The van der Waals surface area contributed by atoms with Crippen molar-refractivity contribution in [1.29, 1.82) is 0 Å². The first kappa shape index (κ1) is 21.9. The Morgan fingerprint density at radius 3 is 2.38 bits per heavy atom. The van der Waals surface area contributed by atoms with E-state index in [4.69, 9.17) is 4.42 Å². The van der Waals surface area contributed by atoms with Gasteiger partial charge in [0.05, 0.1) is 17.9 Å². The standard InChI is InChI=1S/C26H21N3O4S/c30-23-15-21(25(32)29(23)19-11-5-2-6-12-19)28(16-18-9-3-1-4-10-18)24(31)17-34-26-27-20-13-7-8-14-22(20)33-26/h1-14,21H,15-17H2. The predicted molar refractivity (Wildman–Crippen MR) is 129 cm³/mol. The molecule has 0 spiro atoms. The number of anilines is 1. The molecule has 8 heteroatoms. The highest BCUT2D eigenvalue weighted by Gasteiger charge is 2.44. The SMILES string of the molecule is O=C1CC(N(Cc2ccccc2)C(=O)CSc2nc3ccccc3o2)C(=O)N1c1ccccc1. The molecule has 1 aromatic heterocycles. The van der Waals surface area contributed by atoms with Crippen LogP contribution < -0.4 is 4.90 Å². The molecular weight excluding hydrogens is 450 g/mol. The highest BCUT2D eigenvalue weighted by Crippen LogP contribution is 2.28. The molecule has 5 rings (SSSR count). The summed E-state index contributed by atoms with van der Waals surface area (Å²) in [5.41, 5.74) is 2.75. The number of carbonyl (C=O) groups excluding carboxylic acids is 3. The van der Waals surface area contributed by atoms with Crippen molar-refractivity contribution >= 4 is 46.3 Å². The molecule has 0 saturated carbocycles. The number of para-hydroxylation sites is 3. The molecule has 1 aliphatic heterocycles. The molecule has 1 saturated heterocycles. The quantitative estimate of drug-likeness (QED) is 0.296. The van der Waals surface area contributed by atoms with Crippen molar-refractivity contribution in [2.24, 2.45) is 0 Å². The van der Waals surface area contributed by atoms with Crippen molar-refractivity contribution in [3.8, 4) is 0 Å². The van der Waals surface area contributed by atoms with Gasteiger partial charge in [0.1, 0.15) is 11.6 Å². The lowest BCUT2D eigenvalue weighted by atomic mass is 10.1. The van der Waals surface area contributed by atoms with Gasteiger partial charge < -0.3 is 9.32 Å². The van der Waals surface area contributed by atoms with Crippen LogP contribution in [0.5, 0.6) is 0 Å². The van der Waals surface area contributed by atoms with E-state index in [0.29, 0.717) is 22.0 Å². The summed E-state index contributed by atoms with van der Waals surface area (Å²) in [7, 11) is 0. The summed E-state index contributed by atoms with van der Waals surface area (Å²) >= 11 is 1.17. The fraction of sp³-hybridized carbons (Fsp3) is 0.154. The molecule has 0 aliphatic carbocycles. The van der Waals surface area contributed by atoms with E-state index >= 15 is 0 Å². The number of nitrogens with zero attached hydrogens (tertiary/aromatic N) is 3. The van der Waals surface area contributed by atoms with E-state index in [1.54, 1.807) is 24.3 Å². The van der Waals surface area contributed by atoms with Crippen molar-refractivity contribution < 1.29 is 18.8 Å². The molecular formula is C26H21N3O4S. The normalized spacial score (nSPS) is 15.8. The van der Waals surface area contributed by atoms with Gasteiger partial charge in [-0.15, -0.1) is 0 Å². The Morgan fingerprint density at radius 1 is 0.971 bits per heavy atom. The van der Waals surface area contributed by atoms with Crippen LogP contribution >= 0.6 is 11.8 Å². The number of amides is 3. The lowest BCUT2D eigenvalue weighted by molar-refractivity contribution is -0.136. The smallest absolute Gasteiger partial charge is 0.257 e. The number of carbonyl (C=O) groups is 3. The molecule has 0 bridgehead atoms. The maximum Gasteiger partial charge on any atom is 0.257 e. The topological polar surface area (TPSA) is 83.7 Å². The summed E-state index contributed by atoms with van der Waals surface area (Å²) in [6.07, 6.45) is -0.0557. The van der Waals surface area contributed by atoms with Crippen LogP contribution in [0, 0.1) is 0 Å². The van der Waals surface area contributed by atoms with Gasteiger partial charge in [0.2, 0.25) is 11.8 Å². The number of imide groups is 1. The van der Waals surface area contributed by atoms with Crippen LogP contribution in [-0.4, -0.2) is 39.4 Å². The van der Waals surface area contributed by atoms with Crippen molar-refractivity contribution in [2.45, 2.75) is 24.2 Å². The van der Waals surface area contributed by atoms with Crippen molar-refractivity contribution in [3.05, 3.63) is 90.5 Å². The Balaban J connectivity index is 1.38. The van der Waals surface area contributed by atoms with Crippen molar-refractivity contribution in [2.75, 3.05) is 10.7 Å². The highest BCUT2D eigenvalue weighted by molar-refractivity contribution is 7.99. The molecule has 0 radical (unpaired) electrons. The molecule has 170 valence electrons. The first-order chi connectivity index (χ1) is 16.6. The van der Waals surface area contributed by atoms with Crippen LogP contribution in [-0.2, 0) is 20.9 Å². The number of aromatic nitrogens is 1. The van der Waals surface area contributed by atoms with Gasteiger partial charge in [-0.2, -0.15) is 0 Å². The van der Waals surface area contributed by atoms with Gasteiger partial charge in [0.15, 0.2) is 5.58 Å². The number of hydrogen-bond acceptors (Lipinski definition) is 6. The van der Waals surface area contributed by atoms with Gasteiger partial charge in [0.25, 0.3) is 11.1 Å². The third-order valence-electron chi connectivity index (χ3n) is 5.62. The molecule has 1 aliphatic rings. The molecule has 1 unspecified atom stereocenters. The zero-order chi connectivity index (χ0) is 23.5. The molecule has 2 heterocycles. The Morgan fingerprint density at radius 2 is 1.65 bits per heavy atom. The van der Waals surface area contributed by atoms with E-state index in [1.165, 1.54) is 21.6 Å². The van der Waals surface area contributed by atoms with Crippen LogP contribution in [0.3, 0.4) is 0 Å². The molecule has 4 aromatic rings. The molecule has 1 fully saturated rings. The van der Waals surface area contributed by atoms with Gasteiger partial charge in [-0.3, -0.25) is 14.4 Å². The second-order valence-corrected chi connectivity index (χ2v) is 8.79. The number of hydrogen-bond donors (Lipinski definition) is 0. The first-order valence-electron chi connectivity index (χ1n) is 10.8. The predicted octanol–water partition coefficient (Wildman–Crippen LogP) is 4.28. The van der Waals surface area contributed by atoms with Crippen molar-refractivity contribution in [3.63, 3.8) is 0 Å². The minimum absolute atomic E-state index is 0.0307. The van der Waals surface area contributed by atoms with E-state index in [2.05, 4.69) is 4.98 Å². The molecule has 0 N–H and O–H groups in total. The lowest BCUT2D eigenvalue weighted by Gasteiger charge is -2.27. The minimum Gasteiger partial charge on any atom is -0.431 e. The van der Waals surface area contributed by atoms with Crippen molar-refractivity contribution in [1.82, 2.24) is 9.88 Å². The van der Waals surface area contributed by atoms with E-state index in [9.17, 15) is 14.4 Å². The zero-order valence-electron chi connectivity index (χ0n) is 18.2. The first-order valence-corrected chi connectivity index (χ1v) is 11.8. The van der Waals surface area contributed by atoms with Crippen LogP contribution in [0.2, 0.25) is 0 Å². The van der Waals surface area contributed by atoms with Gasteiger partial charge in [-0.05, 0) is 29.8 Å². The van der Waals surface area contributed by atoms with E-state index in [0.717, 1.165) is 5.56 Å². The monoisotopic (exact) mass is 471 g/mol. The minimum atomic E-state index is -0.871. The molecule has 34 heavy (non-hydrogen) atoms. The van der Waals surface area contributed by atoms with E-state index in [-0.39, 0.29) is 30.5 Å². The number of oxazole rings is 1. The fourth-order valence-corrected chi connectivity index (χ4v) is 4.70. The van der Waals surface area contributed by atoms with Gasteiger partial charge in [-0.1, -0.05) is 72.4 Å². The summed E-state index contributed by atoms with van der Waals surface area (Å²) in [5, 5.41) is 0.383. The average molecular weight is 472 g/mol. The Labute approximate surface area is 200 Å². The van der Waals surface area contributed by atoms with E-state index < -0.39 is 11.9 Å². The van der Waals surface area contributed by atoms with Gasteiger partial charge >= 0.3 is 0 Å². The Kier molecular flexibility index (Phi) is 6.14. The maximum atomic E-state index is 13.4. The second kappa shape index (κ2) is 9.52. The molecule has 3 aromatic carbocycles. The van der Waals surface area contributed by atoms with Gasteiger partial charge in [0, 0.05) is 6.54 Å². The molecule has 7 nitrogen and oxygen atoms in total. The summed E-state index contributed by atoms with van der Waals surface area (Å²) in [6.45, 7) is 0.222. The van der Waals surface area contributed by atoms with Crippen LogP contribution in [0.1, 0.15) is 12.0 Å². The third-order valence-corrected chi connectivity index (χ3v) is 6.44. The largest absolute Gasteiger partial charge is 0.431 e. The number of rotatable bonds is 7. The zero-order valence-corrected chi connectivity index (χ0v) is 19.0. The molecule has 3 amide bonds. The third kappa shape index (κ3) is 4.45. The number of benzene rings is 3. The summed E-state index contributed by atoms with van der Waals surface area (Å²) in [4.78, 5) is 46.5. The van der Waals surface area contributed by atoms with Crippen LogP contribution in [0.15, 0.2) is 94.6 Å². The maximum absolute atomic E-state index is 13.4. The number of thioether (sulfide) groups is 1. The average Bonchev–Trinajstić information content (AvgIpc) is 3.41. The molecule has 1 atom stereocenters. The Bertz CT molecular complexity index is 1310. The highest BCUT2D eigenvalue weighted by atomic mass is 32.2. The van der Waals surface area contributed by atoms with E-state index in [1.807, 2.05) is 60.7 Å². The summed E-state index contributed by atoms with van der Waals surface area (Å²) < 4.78 is 5.71. The van der Waals surface area contributed by atoms with Gasteiger partial charge in [-0.25, -0.2) is 9.88 Å². The summed E-state index contributed by atoms with van der Waals surface area (Å²) in [5.74, 6) is -0.952.